The van der Waals surface area contributed by atoms with Gasteiger partial charge in [-0.25, -0.2) is 4.99 Å². The first-order valence-electron chi connectivity index (χ1n) is 8.02. The van der Waals surface area contributed by atoms with E-state index in [9.17, 15) is 9.59 Å². The summed E-state index contributed by atoms with van der Waals surface area (Å²) in [5.41, 5.74) is 1.55. The van der Waals surface area contributed by atoms with Crippen molar-refractivity contribution < 1.29 is 14.3 Å². The summed E-state index contributed by atoms with van der Waals surface area (Å²) in [7, 11) is 0. The van der Waals surface area contributed by atoms with Crippen LogP contribution in [0.5, 0.6) is 0 Å². The number of rotatable bonds is 3. The highest BCUT2D eigenvalue weighted by molar-refractivity contribution is 8.45. The number of carbonyl (C=O) groups is 2. The third-order valence-electron chi connectivity index (χ3n) is 3.25. The molecule has 2 heterocycles. The van der Waals surface area contributed by atoms with Crippen LogP contribution in [0.1, 0.15) is 26.3 Å². The number of aromatic nitrogens is 1. The summed E-state index contributed by atoms with van der Waals surface area (Å²) in [5.74, 6) is -0.198. The number of hydrogen-bond acceptors (Lipinski definition) is 7. The van der Waals surface area contributed by atoms with E-state index in [0.717, 1.165) is 28.2 Å². The third kappa shape index (κ3) is 4.95. The van der Waals surface area contributed by atoms with E-state index in [4.69, 9.17) is 4.74 Å². The molecule has 2 aromatic rings. The molecule has 3 rings (SSSR count). The number of ether oxygens (including phenoxy) is 1. The fraction of sp³-hybridized carbons (Fsp3) is 0.263. The summed E-state index contributed by atoms with van der Waals surface area (Å²) in [6, 6.07) is 9.76. The number of hydrogen-bond donors (Lipinski definition) is 0. The third-order valence-corrected chi connectivity index (χ3v) is 5.23. The van der Waals surface area contributed by atoms with Gasteiger partial charge in [-0.05, 0) is 56.3 Å². The Labute approximate surface area is 160 Å². The Balaban J connectivity index is 1.70. The lowest BCUT2D eigenvalue weighted by atomic mass is 10.1. The predicted molar refractivity (Wildman–Crippen MR) is 108 cm³/mol. The molecule has 0 saturated heterocycles. The van der Waals surface area contributed by atoms with E-state index in [2.05, 4.69) is 9.98 Å². The maximum atomic E-state index is 12.2. The average Bonchev–Trinajstić information content (AvgIpc) is 2.91. The lowest BCUT2D eigenvalue weighted by molar-refractivity contribution is -0.151. The second kappa shape index (κ2) is 7.63. The number of pyridine rings is 1. The van der Waals surface area contributed by atoms with Gasteiger partial charge in [-0.15, -0.1) is 0 Å². The van der Waals surface area contributed by atoms with Gasteiger partial charge in [-0.3, -0.25) is 14.6 Å². The van der Waals surface area contributed by atoms with Gasteiger partial charge in [0.25, 0.3) is 0 Å². The molecular weight excluding hydrogens is 368 g/mol. The summed E-state index contributed by atoms with van der Waals surface area (Å²) >= 11 is 2.25. The van der Waals surface area contributed by atoms with Crippen molar-refractivity contribution in [3.05, 3.63) is 47.8 Å². The van der Waals surface area contributed by atoms with E-state index in [-0.39, 0.29) is 16.8 Å². The van der Waals surface area contributed by atoms with E-state index in [1.54, 1.807) is 12.3 Å². The molecule has 0 amide bonds. The minimum atomic E-state index is -0.522. The number of thioether (sulfide) groups is 2. The summed E-state index contributed by atoms with van der Waals surface area (Å²) < 4.78 is 5.81. The Kier molecular flexibility index (Phi) is 5.48. The lowest BCUT2D eigenvalue weighted by Crippen LogP contribution is -2.25. The molecule has 1 aromatic carbocycles. The first-order valence-corrected chi connectivity index (χ1v) is 9.82. The highest BCUT2D eigenvalue weighted by atomic mass is 32.2. The van der Waals surface area contributed by atoms with Crippen molar-refractivity contribution in [3.63, 3.8) is 0 Å². The number of para-hydroxylation sites is 1. The molecule has 1 aromatic heterocycles. The van der Waals surface area contributed by atoms with Crippen LogP contribution in [0.3, 0.4) is 0 Å². The summed E-state index contributed by atoms with van der Waals surface area (Å²) in [4.78, 5) is 32.6. The monoisotopic (exact) mass is 386 g/mol. The molecule has 26 heavy (non-hydrogen) atoms. The van der Waals surface area contributed by atoms with Gasteiger partial charge in [0, 0.05) is 11.6 Å². The fourth-order valence-electron chi connectivity index (χ4n) is 2.27. The number of benzene rings is 1. The SMILES string of the molecule is CC(C)(C)OC(=O)CSC1=NC(=Cc2cnc3ccccc3c2)C(=O)S1. The van der Waals surface area contributed by atoms with Gasteiger partial charge in [0.05, 0.1) is 11.3 Å². The molecule has 134 valence electrons. The summed E-state index contributed by atoms with van der Waals surface area (Å²) in [6.45, 7) is 5.46. The Bertz CT molecular complexity index is 930. The maximum absolute atomic E-state index is 12.2. The second-order valence-corrected chi connectivity index (χ2v) is 8.82. The van der Waals surface area contributed by atoms with Crippen LogP contribution in [0.2, 0.25) is 0 Å². The van der Waals surface area contributed by atoms with Crippen molar-refractivity contribution in [3.8, 4) is 0 Å². The van der Waals surface area contributed by atoms with Gasteiger partial charge in [0.15, 0.2) is 0 Å². The predicted octanol–water partition coefficient (Wildman–Crippen LogP) is 4.28. The number of nitrogens with zero attached hydrogens (tertiary/aromatic N) is 2. The van der Waals surface area contributed by atoms with E-state index in [0.29, 0.717) is 10.1 Å². The van der Waals surface area contributed by atoms with Crippen molar-refractivity contribution in [1.82, 2.24) is 4.98 Å². The topological polar surface area (TPSA) is 68.6 Å². The number of carbonyl (C=O) groups excluding carboxylic acids is 2. The van der Waals surface area contributed by atoms with Gasteiger partial charge in [-0.2, -0.15) is 0 Å². The molecule has 0 N–H and O–H groups in total. The van der Waals surface area contributed by atoms with Crippen LogP contribution in [0.4, 0.5) is 0 Å². The molecule has 1 aliphatic rings. The van der Waals surface area contributed by atoms with Gasteiger partial charge in [0.2, 0.25) is 5.12 Å². The second-order valence-electron chi connectivity index (χ2n) is 6.63. The number of aliphatic imine (C=N–C) groups is 1. The average molecular weight is 386 g/mol. The van der Waals surface area contributed by atoms with Crippen LogP contribution in [0, 0.1) is 0 Å². The minimum absolute atomic E-state index is 0.126. The van der Waals surface area contributed by atoms with Crippen molar-refractivity contribution in [2.24, 2.45) is 4.99 Å². The molecule has 0 fully saturated rings. The standard InChI is InChI=1S/C19H18N2O3S2/c1-19(2,3)24-16(22)11-25-18-21-15(17(23)26-18)9-12-8-13-6-4-5-7-14(13)20-10-12/h4-10H,11H2,1-3H3. The Morgan fingerprint density at radius 2 is 2.08 bits per heavy atom. The van der Waals surface area contributed by atoms with Crippen LogP contribution < -0.4 is 0 Å². The maximum Gasteiger partial charge on any atom is 0.316 e. The molecule has 5 nitrogen and oxygen atoms in total. The summed E-state index contributed by atoms with van der Waals surface area (Å²) in [5, 5.41) is 0.869. The normalized spacial score (nSPS) is 16.2. The zero-order valence-electron chi connectivity index (χ0n) is 14.7. The van der Waals surface area contributed by atoms with E-state index in [1.165, 1.54) is 11.8 Å². The molecule has 7 heteroatoms. The molecule has 0 atom stereocenters. The Morgan fingerprint density at radius 3 is 2.85 bits per heavy atom. The van der Waals surface area contributed by atoms with Crippen LogP contribution in [0.15, 0.2) is 47.2 Å². The fourth-order valence-corrected chi connectivity index (χ4v) is 3.88. The van der Waals surface area contributed by atoms with Gasteiger partial charge >= 0.3 is 5.97 Å². The number of fused-ring (bicyclic) bond motifs is 1. The lowest BCUT2D eigenvalue weighted by Gasteiger charge is -2.19. The molecule has 0 radical (unpaired) electrons. The minimum Gasteiger partial charge on any atom is -0.459 e. The molecule has 0 aliphatic carbocycles. The van der Waals surface area contributed by atoms with E-state index < -0.39 is 5.60 Å². The van der Waals surface area contributed by atoms with Crippen molar-refractivity contribution in [2.75, 3.05) is 5.75 Å². The quantitative estimate of drug-likeness (QED) is 0.579. The highest BCUT2D eigenvalue weighted by Gasteiger charge is 2.24. The molecule has 1 aliphatic heterocycles. The first-order chi connectivity index (χ1) is 12.3. The van der Waals surface area contributed by atoms with Crippen molar-refractivity contribution in [1.29, 1.82) is 0 Å². The van der Waals surface area contributed by atoms with Crippen molar-refractivity contribution >= 4 is 56.0 Å². The zero-order chi connectivity index (χ0) is 18.7. The van der Waals surface area contributed by atoms with E-state index in [1.807, 2.05) is 51.1 Å². The molecule has 0 bridgehead atoms. The highest BCUT2D eigenvalue weighted by Crippen LogP contribution is 2.31. The Morgan fingerprint density at radius 1 is 1.31 bits per heavy atom. The van der Waals surface area contributed by atoms with Crippen LogP contribution in [-0.4, -0.2) is 31.8 Å². The van der Waals surface area contributed by atoms with Crippen molar-refractivity contribution in [2.45, 2.75) is 26.4 Å². The zero-order valence-corrected chi connectivity index (χ0v) is 16.3. The number of esters is 1. The van der Waals surface area contributed by atoms with Crippen LogP contribution in [-0.2, 0) is 14.3 Å². The molecule has 0 unspecified atom stereocenters. The first kappa shape index (κ1) is 18.7. The summed E-state index contributed by atoms with van der Waals surface area (Å²) in [6.07, 6.45) is 3.43. The molecule has 0 saturated carbocycles. The molecule has 0 spiro atoms. The van der Waals surface area contributed by atoms with E-state index >= 15 is 0 Å². The van der Waals surface area contributed by atoms with Gasteiger partial charge in [-0.1, -0.05) is 30.0 Å². The van der Waals surface area contributed by atoms with Gasteiger partial charge in [0.1, 0.15) is 15.7 Å². The smallest absolute Gasteiger partial charge is 0.316 e. The Hall–Kier alpha value is -2.12. The van der Waals surface area contributed by atoms with Crippen LogP contribution in [0.25, 0.3) is 17.0 Å². The molecular formula is C19H18N2O3S2. The van der Waals surface area contributed by atoms with Crippen LogP contribution >= 0.6 is 23.5 Å². The van der Waals surface area contributed by atoms with Gasteiger partial charge < -0.3 is 4.74 Å². The largest absolute Gasteiger partial charge is 0.459 e.